The third kappa shape index (κ3) is 5.89. The fraction of sp³-hybridized carbons (Fsp3) is 0.448. The first kappa shape index (κ1) is 23.3. The Bertz CT molecular complexity index is 972. The molecule has 3 aromatic rings. The van der Waals surface area contributed by atoms with Crippen molar-refractivity contribution in [1.82, 2.24) is 0 Å². The maximum absolute atomic E-state index is 6.48. The molecule has 0 N–H and O–H groups in total. The van der Waals surface area contributed by atoms with Gasteiger partial charge in [-0.2, -0.15) is 0 Å². The van der Waals surface area contributed by atoms with Gasteiger partial charge in [0.2, 0.25) is 6.29 Å². The summed E-state index contributed by atoms with van der Waals surface area (Å²) in [6.45, 7) is 15.3. The average molecular weight is 419 g/mol. The van der Waals surface area contributed by atoms with E-state index in [4.69, 9.17) is 9.47 Å². The summed E-state index contributed by atoms with van der Waals surface area (Å²) in [5, 5.41) is 2.53. The first-order chi connectivity index (χ1) is 14.8. The van der Waals surface area contributed by atoms with Crippen LogP contribution >= 0.6 is 0 Å². The highest BCUT2D eigenvalue weighted by Crippen LogP contribution is 2.34. The molecule has 3 aromatic carbocycles. The van der Waals surface area contributed by atoms with Gasteiger partial charge < -0.3 is 9.47 Å². The van der Waals surface area contributed by atoms with Gasteiger partial charge in [-0.05, 0) is 73.1 Å². The van der Waals surface area contributed by atoms with Crippen molar-refractivity contribution in [2.24, 2.45) is 5.92 Å². The van der Waals surface area contributed by atoms with Gasteiger partial charge in [-0.3, -0.25) is 0 Å². The Balaban J connectivity index is 1.93. The summed E-state index contributed by atoms with van der Waals surface area (Å²) in [4.78, 5) is 0. The van der Waals surface area contributed by atoms with Crippen LogP contribution in [0.4, 0.5) is 0 Å². The largest absolute Gasteiger partial charge is 0.464 e. The van der Waals surface area contributed by atoms with Crippen LogP contribution in [0.1, 0.15) is 76.5 Å². The molecule has 0 amide bonds. The minimum Gasteiger partial charge on any atom is -0.464 e. The van der Waals surface area contributed by atoms with Crippen molar-refractivity contribution in [2.45, 2.75) is 79.1 Å². The van der Waals surface area contributed by atoms with Gasteiger partial charge in [-0.1, -0.05) is 81.8 Å². The molecule has 0 heterocycles. The monoisotopic (exact) mass is 418 g/mol. The summed E-state index contributed by atoms with van der Waals surface area (Å²) >= 11 is 0. The van der Waals surface area contributed by atoms with Crippen LogP contribution in [0.25, 0.3) is 10.8 Å². The van der Waals surface area contributed by atoms with E-state index in [9.17, 15) is 0 Å². The van der Waals surface area contributed by atoms with Crippen molar-refractivity contribution in [3.63, 3.8) is 0 Å². The fourth-order valence-electron chi connectivity index (χ4n) is 4.15. The molecule has 2 heteroatoms. The number of ether oxygens (including phenoxy) is 2. The Hall–Kier alpha value is -2.32. The van der Waals surface area contributed by atoms with E-state index in [1.807, 2.05) is 0 Å². The summed E-state index contributed by atoms with van der Waals surface area (Å²) < 4.78 is 12.8. The number of benzene rings is 3. The minimum absolute atomic E-state index is 0.0775. The molecule has 31 heavy (non-hydrogen) atoms. The van der Waals surface area contributed by atoms with Crippen LogP contribution in [0.2, 0.25) is 0 Å². The summed E-state index contributed by atoms with van der Waals surface area (Å²) in [5.74, 6) is 1.91. The highest BCUT2D eigenvalue weighted by atomic mass is 16.7. The van der Waals surface area contributed by atoms with Crippen LogP contribution in [-0.4, -0.2) is 12.4 Å². The molecule has 0 aliphatic carbocycles. The third-order valence-electron chi connectivity index (χ3n) is 6.14. The second-order valence-corrected chi connectivity index (χ2v) is 9.43. The lowest BCUT2D eigenvalue weighted by Crippen LogP contribution is -2.34. The number of hydrogen-bond acceptors (Lipinski definition) is 2. The van der Waals surface area contributed by atoms with Crippen LogP contribution in [0.3, 0.4) is 0 Å². The van der Waals surface area contributed by atoms with Gasteiger partial charge in [-0.25, -0.2) is 0 Å². The van der Waals surface area contributed by atoms with E-state index in [1.54, 1.807) is 0 Å². The van der Waals surface area contributed by atoms with Gasteiger partial charge in [0, 0.05) is 5.92 Å². The smallest absolute Gasteiger partial charge is 0.207 e. The molecule has 0 aliphatic rings. The molecule has 2 nitrogen and oxygen atoms in total. The molecule has 3 atom stereocenters. The van der Waals surface area contributed by atoms with Crippen molar-refractivity contribution in [3.8, 4) is 5.75 Å². The molecule has 0 spiro atoms. The lowest BCUT2D eigenvalue weighted by molar-refractivity contribution is -0.129. The van der Waals surface area contributed by atoms with Gasteiger partial charge in [0.1, 0.15) is 5.75 Å². The molecule has 3 rings (SSSR count). The Kier molecular flexibility index (Phi) is 7.78. The topological polar surface area (TPSA) is 18.5 Å². The van der Waals surface area contributed by atoms with Crippen LogP contribution in [0.15, 0.2) is 60.7 Å². The minimum atomic E-state index is -0.350. The fourth-order valence-corrected chi connectivity index (χ4v) is 4.15. The van der Waals surface area contributed by atoms with E-state index >= 15 is 0 Å². The standard InChI is InChI=1S/C29H38O2/c1-8-22(7)23-13-15-27(16-14-23)31-29(30-20(4)5)28(19(2)3)26-12-11-24-17-21(6)9-10-25(24)18-26/h9-20,22,28-29H,8H2,1-7H3. The van der Waals surface area contributed by atoms with Crippen molar-refractivity contribution in [2.75, 3.05) is 0 Å². The molecule has 166 valence electrons. The number of hydrogen-bond donors (Lipinski definition) is 0. The molecule has 0 saturated carbocycles. The quantitative estimate of drug-likeness (QED) is 0.326. The van der Waals surface area contributed by atoms with Crippen LogP contribution in [0, 0.1) is 12.8 Å². The Morgan fingerprint density at radius 2 is 1.35 bits per heavy atom. The summed E-state index contributed by atoms with van der Waals surface area (Å²) in [6, 6.07) is 21.9. The van der Waals surface area contributed by atoms with E-state index < -0.39 is 0 Å². The Labute approximate surface area is 188 Å². The van der Waals surface area contributed by atoms with E-state index in [1.165, 1.54) is 27.5 Å². The number of aryl methyl sites for hydroxylation is 1. The van der Waals surface area contributed by atoms with Crippen LogP contribution in [0.5, 0.6) is 5.75 Å². The van der Waals surface area contributed by atoms with Gasteiger partial charge in [0.15, 0.2) is 0 Å². The first-order valence-corrected chi connectivity index (χ1v) is 11.7. The molecule has 0 aliphatic heterocycles. The first-order valence-electron chi connectivity index (χ1n) is 11.7. The molecule has 0 radical (unpaired) electrons. The highest BCUT2D eigenvalue weighted by molar-refractivity contribution is 5.84. The zero-order valence-corrected chi connectivity index (χ0v) is 20.2. The summed E-state index contributed by atoms with van der Waals surface area (Å²) in [6.07, 6.45) is 0.863. The molecular formula is C29H38O2. The normalized spacial score (nSPS) is 14.7. The predicted molar refractivity (Wildman–Crippen MR) is 132 cm³/mol. The summed E-state index contributed by atoms with van der Waals surface area (Å²) in [5.41, 5.74) is 3.89. The third-order valence-corrected chi connectivity index (χ3v) is 6.14. The van der Waals surface area contributed by atoms with E-state index in [2.05, 4.69) is 109 Å². The second-order valence-electron chi connectivity index (χ2n) is 9.43. The van der Waals surface area contributed by atoms with Gasteiger partial charge >= 0.3 is 0 Å². The zero-order chi connectivity index (χ0) is 22.5. The maximum atomic E-state index is 6.48. The molecule has 3 unspecified atom stereocenters. The zero-order valence-electron chi connectivity index (χ0n) is 20.2. The van der Waals surface area contributed by atoms with Crippen molar-refractivity contribution in [3.05, 3.63) is 77.4 Å². The molecule has 0 fully saturated rings. The average Bonchev–Trinajstić information content (AvgIpc) is 2.73. The van der Waals surface area contributed by atoms with Crippen LogP contribution in [-0.2, 0) is 4.74 Å². The van der Waals surface area contributed by atoms with E-state index in [-0.39, 0.29) is 18.3 Å². The van der Waals surface area contributed by atoms with Crippen molar-refractivity contribution >= 4 is 10.8 Å². The van der Waals surface area contributed by atoms with Gasteiger partial charge in [-0.15, -0.1) is 0 Å². The number of rotatable bonds is 9. The molecule has 0 saturated heterocycles. The van der Waals surface area contributed by atoms with Gasteiger partial charge in [0.05, 0.1) is 6.10 Å². The van der Waals surface area contributed by atoms with E-state index in [0.717, 1.165) is 12.2 Å². The lowest BCUT2D eigenvalue weighted by atomic mass is 9.86. The SMILES string of the molecule is CCC(C)c1ccc(OC(OC(C)C)C(c2ccc3cc(C)ccc3c2)C(C)C)cc1. The van der Waals surface area contributed by atoms with Crippen LogP contribution < -0.4 is 4.74 Å². The predicted octanol–water partition coefficient (Wildman–Crippen LogP) is 8.23. The molecule has 0 aromatic heterocycles. The van der Waals surface area contributed by atoms with Crippen molar-refractivity contribution in [1.29, 1.82) is 0 Å². The molecule has 0 bridgehead atoms. The maximum Gasteiger partial charge on any atom is 0.207 e. The Morgan fingerprint density at radius 1 is 0.742 bits per heavy atom. The highest BCUT2D eigenvalue weighted by Gasteiger charge is 2.30. The summed E-state index contributed by atoms with van der Waals surface area (Å²) in [7, 11) is 0. The number of fused-ring (bicyclic) bond motifs is 1. The lowest BCUT2D eigenvalue weighted by Gasteiger charge is -2.32. The van der Waals surface area contributed by atoms with E-state index in [0.29, 0.717) is 11.8 Å². The molecular weight excluding hydrogens is 380 g/mol. The second kappa shape index (κ2) is 10.3. The van der Waals surface area contributed by atoms with Gasteiger partial charge in [0.25, 0.3) is 0 Å². The Morgan fingerprint density at radius 3 is 1.97 bits per heavy atom. The van der Waals surface area contributed by atoms with Crippen molar-refractivity contribution < 1.29 is 9.47 Å².